The van der Waals surface area contributed by atoms with Gasteiger partial charge in [-0.3, -0.25) is 0 Å². The van der Waals surface area contributed by atoms with Gasteiger partial charge in [-0.1, -0.05) is 16.8 Å². The minimum absolute atomic E-state index is 0.324. The highest BCUT2D eigenvalue weighted by molar-refractivity contribution is 6.31. The van der Waals surface area contributed by atoms with Crippen molar-refractivity contribution < 1.29 is 4.52 Å². The average molecular weight is 288 g/mol. The smallest absolute Gasteiger partial charge is 0.260 e. The fourth-order valence-electron chi connectivity index (χ4n) is 1.75. The molecule has 2 heterocycles. The molecule has 3 rings (SSSR count). The highest BCUT2D eigenvalue weighted by Gasteiger charge is 2.14. The van der Waals surface area contributed by atoms with Crippen LogP contribution in [0.3, 0.4) is 0 Å². The van der Waals surface area contributed by atoms with Crippen LogP contribution in [-0.2, 0) is 0 Å². The molecule has 20 heavy (non-hydrogen) atoms. The van der Waals surface area contributed by atoms with Crippen LogP contribution in [-0.4, -0.2) is 20.1 Å². The molecule has 0 amide bonds. The summed E-state index contributed by atoms with van der Waals surface area (Å²) in [7, 11) is 0. The normalized spacial score (nSPS) is 10.7. The minimum Gasteiger partial charge on any atom is -0.398 e. The number of hydrogen-bond donors (Lipinski definition) is 1. The van der Waals surface area contributed by atoms with Gasteiger partial charge in [0.05, 0.1) is 5.56 Å². The van der Waals surface area contributed by atoms with Gasteiger partial charge in [0.25, 0.3) is 5.89 Å². The summed E-state index contributed by atoms with van der Waals surface area (Å²) in [6.07, 6.45) is 1.64. The van der Waals surface area contributed by atoms with E-state index in [2.05, 4.69) is 20.1 Å². The number of aryl methyl sites for hydroxylation is 1. The summed E-state index contributed by atoms with van der Waals surface area (Å²) in [6, 6.07) is 6.80. The standard InChI is InChI=1S/C13H10ClN5O/c1-7-16-5-4-11(17-7)12-18-13(20-19-12)9-3-2-8(14)6-10(9)15/h2-6H,15H2,1H3. The zero-order chi connectivity index (χ0) is 14.1. The molecule has 0 aliphatic rings. The van der Waals surface area contributed by atoms with Gasteiger partial charge in [0, 0.05) is 16.9 Å². The lowest BCUT2D eigenvalue weighted by Gasteiger charge is -2.00. The SMILES string of the molecule is Cc1nccc(-c2noc(-c3ccc(Cl)cc3N)n2)n1. The number of rotatable bonds is 2. The van der Waals surface area contributed by atoms with Crippen LogP contribution in [0.4, 0.5) is 5.69 Å². The van der Waals surface area contributed by atoms with Crippen molar-refractivity contribution >= 4 is 17.3 Å². The second-order valence-corrected chi connectivity index (χ2v) is 4.58. The molecule has 0 fully saturated rings. The molecule has 3 aromatic rings. The fourth-order valence-corrected chi connectivity index (χ4v) is 1.93. The molecule has 0 spiro atoms. The van der Waals surface area contributed by atoms with E-state index in [0.29, 0.717) is 39.5 Å². The lowest BCUT2D eigenvalue weighted by Crippen LogP contribution is -1.92. The van der Waals surface area contributed by atoms with Crippen molar-refractivity contribution in [3.05, 3.63) is 41.3 Å². The summed E-state index contributed by atoms with van der Waals surface area (Å²) in [5.41, 5.74) is 7.60. The van der Waals surface area contributed by atoms with Gasteiger partial charge < -0.3 is 10.3 Å². The number of nitrogen functional groups attached to an aromatic ring is 1. The van der Waals surface area contributed by atoms with Crippen LogP contribution in [0, 0.1) is 6.92 Å². The quantitative estimate of drug-likeness (QED) is 0.729. The highest BCUT2D eigenvalue weighted by atomic mass is 35.5. The topological polar surface area (TPSA) is 90.7 Å². The lowest BCUT2D eigenvalue weighted by atomic mass is 10.2. The van der Waals surface area contributed by atoms with Crippen molar-refractivity contribution in [2.24, 2.45) is 0 Å². The zero-order valence-corrected chi connectivity index (χ0v) is 11.3. The maximum atomic E-state index is 5.89. The Morgan fingerprint density at radius 1 is 1.20 bits per heavy atom. The Morgan fingerprint density at radius 2 is 2.05 bits per heavy atom. The first-order valence-electron chi connectivity index (χ1n) is 5.82. The van der Waals surface area contributed by atoms with E-state index in [1.807, 2.05) is 0 Å². The van der Waals surface area contributed by atoms with E-state index in [1.165, 1.54) is 0 Å². The van der Waals surface area contributed by atoms with Crippen LogP contribution < -0.4 is 5.73 Å². The molecule has 0 bridgehead atoms. The predicted octanol–water partition coefficient (Wildman–Crippen LogP) is 2.74. The Hall–Kier alpha value is -2.47. The van der Waals surface area contributed by atoms with E-state index < -0.39 is 0 Å². The molecule has 1 aromatic carbocycles. The third-order valence-electron chi connectivity index (χ3n) is 2.68. The molecule has 0 saturated heterocycles. The molecule has 7 heteroatoms. The van der Waals surface area contributed by atoms with Crippen molar-refractivity contribution in [2.45, 2.75) is 6.92 Å². The van der Waals surface area contributed by atoms with E-state index in [1.54, 1.807) is 37.4 Å². The Morgan fingerprint density at radius 3 is 2.80 bits per heavy atom. The number of aromatic nitrogens is 4. The summed E-state index contributed by atoms with van der Waals surface area (Å²) in [5.74, 6) is 1.35. The first-order valence-corrected chi connectivity index (χ1v) is 6.20. The second kappa shape index (κ2) is 4.90. The van der Waals surface area contributed by atoms with Crippen molar-refractivity contribution in [2.75, 3.05) is 5.73 Å². The van der Waals surface area contributed by atoms with Crippen LogP contribution in [0.1, 0.15) is 5.82 Å². The molecule has 0 unspecified atom stereocenters. The molecule has 100 valence electrons. The number of nitrogens with two attached hydrogens (primary N) is 1. The van der Waals surface area contributed by atoms with Gasteiger partial charge in [0.15, 0.2) is 0 Å². The molecule has 2 N–H and O–H groups in total. The molecular weight excluding hydrogens is 278 g/mol. The average Bonchev–Trinajstić information content (AvgIpc) is 2.88. The van der Waals surface area contributed by atoms with Gasteiger partial charge in [-0.25, -0.2) is 9.97 Å². The largest absolute Gasteiger partial charge is 0.398 e. The summed E-state index contributed by atoms with van der Waals surface area (Å²) in [4.78, 5) is 12.6. The van der Waals surface area contributed by atoms with Crippen molar-refractivity contribution in [1.82, 2.24) is 20.1 Å². The van der Waals surface area contributed by atoms with Crippen LogP contribution in [0.15, 0.2) is 35.0 Å². The summed E-state index contributed by atoms with van der Waals surface area (Å²) < 4.78 is 5.22. The first-order chi connectivity index (χ1) is 9.63. The first kappa shape index (κ1) is 12.6. The van der Waals surface area contributed by atoms with Crippen molar-refractivity contribution in [3.63, 3.8) is 0 Å². The Bertz CT molecular complexity index is 771. The molecule has 0 saturated carbocycles. The van der Waals surface area contributed by atoms with Crippen LogP contribution in [0.25, 0.3) is 23.0 Å². The molecular formula is C13H10ClN5O. The Balaban J connectivity index is 2.02. The number of anilines is 1. The van der Waals surface area contributed by atoms with E-state index in [-0.39, 0.29) is 0 Å². The fraction of sp³-hybridized carbons (Fsp3) is 0.0769. The zero-order valence-electron chi connectivity index (χ0n) is 10.5. The van der Waals surface area contributed by atoms with Crippen LogP contribution >= 0.6 is 11.6 Å². The van der Waals surface area contributed by atoms with Gasteiger partial charge in [0.1, 0.15) is 11.5 Å². The van der Waals surface area contributed by atoms with Crippen LogP contribution in [0.5, 0.6) is 0 Å². The second-order valence-electron chi connectivity index (χ2n) is 4.14. The van der Waals surface area contributed by atoms with Gasteiger partial charge in [-0.15, -0.1) is 0 Å². The number of halogens is 1. The maximum Gasteiger partial charge on any atom is 0.260 e. The Labute approximate surface area is 119 Å². The predicted molar refractivity (Wildman–Crippen MR) is 74.9 cm³/mol. The number of benzene rings is 1. The number of hydrogen-bond acceptors (Lipinski definition) is 6. The van der Waals surface area contributed by atoms with Gasteiger partial charge in [-0.2, -0.15) is 4.98 Å². The molecule has 0 aliphatic carbocycles. The van der Waals surface area contributed by atoms with E-state index in [4.69, 9.17) is 21.9 Å². The highest BCUT2D eigenvalue weighted by Crippen LogP contribution is 2.28. The van der Waals surface area contributed by atoms with Gasteiger partial charge in [-0.05, 0) is 31.2 Å². The number of nitrogens with zero attached hydrogens (tertiary/aromatic N) is 4. The molecule has 2 aromatic heterocycles. The van der Waals surface area contributed by atoms with Gasteiger partial charge >= 0.3 is 0 Å². The van der Waals surface area contributed by atoms with Gasteiger partial charge in [0.2, 0.25) is 5.82 Å². The van der Waals surface area contributed by atoms with Crippen LogP contribution in [0.2, 0.25) is 5.02 Å². The summed E-state index contributed by atoms with van der Waals surface area (Å²) in [6.45, 7) is 1.79. The summed E-state index contributed by atoms with van der Waals surface area (Å²) >= 11 is 5.86. The monoisotopic (exact) mass is 287 g/mol. The third kappa shape index (κ3) is 2.33. The summed E-state index contributed by atoms with van der Waals surface area (Å²) in [5, 5.41) is 4.46. The molecule has 6 nitrogen and oxygen atoms in total. The molecule has 0 aliphatic heterocycles. The van der Waals surface area contributed by atoms with Crippen molar-refractivity contribution in [3.8, 4) is 23.0 Å². The van der Waals surface area contributed by atoms with E-state index in [9.17, 15) is 0 Å². The Kier molecular flexibility index (Phi) is 3.08. The molecule has 0 radical (unpaired) electrons. The van der Waals surface area contributed by atoms with E-state index in [0.717, 1.165) is 0 Å². The maximum absolute atomic E-state index is 5.89. The minimum atomic E-state index is 0.324. The van der Waals surface area contributed by atoms with Crippen molar-refractivity contribution in [1.29, 1.82) is 0 Å². The third-order valence-corrected chi connectivity index (χ3v) is 2.91. The molecule has 0 atom stereocenters. The van der Waals surface area contributed by atoms with E-state index >= 15 is 0 Å². The lowest BCUT2D eigenvalue weighted by molar-refractivity contribution is 0.432.